The number of fused-ring (bicyclic) bond motifs is 1. The molecule has 0 spiro atoms. The standard InChI is InChI=1S/C26H24N4O3/c1-18-15-22(19(2)30(18)29-26(32)21-10-4-3-5-11-21)16-27-28-25(31)17-33-24-14-8-12-20-9-6-7-13-23(20)24/h3-16H,17H2,1-2H3,(H,28,31)(H,29,32)/b27-16+. The van der Waals surface area contributed by atoms with Gasteiger partial charge in [-0.3, -0.25) is 19.7 Å². The minimum Gasteiger partial charge on any atom is -0.483 e. The Morgan fingerprint density at radius 3 is 2.52 bits per heavy atom. The van der Waals surface area contributed by atoms with Crippen molar-refractivity contribution in [1.29, 1.82) is 0 Å². The quantitative estimate of drug-likeness (QED) is 0.334. The van der Waals surface area contributed by atoms with Gasteiger partial charge in [0.15, 0.2) is 6.61 Å². The number of aryl methyl sites for hydroxylation is 1. The maximum atomic E-state index is 12.5. The molecule has 1 aromatic heterocycles. The first-order chi connectivity index (χ1) is 16.0. The lowest BCUT2D eigenvalue weighted by atomic mass is 10.1. The van der Waals surface area contributed by atoms with Crippen LogP contribution in [0.3, 0.4) is 0 Å². The Morgan fingerprint density at radius 1 is 0.970 bits per heavy atom. The second-order valence-electron chi connectivity index (χ2n) is 7.53. The molecule has 0 saturated heterocycles. The van der Waals surface area contributed by atoms with Crippen molar-refractivity contribution in [3.8, 4) is 5.75 Å². The molecule has 0 radical (unpaired) electrons. The van der Waals surface area contributed by atoms with E-state index in [1.54, 1.807) is 23.0 Å². The Kier molecular flexibility index (Phi) is 6.50. The molecular weight excluding hydrogens is 416 g/mol. The third-order valence-corrected chi connectivity index (χ3v) is 5.22. The Bertz CT molecular complexity index is 1320. The maximum absolute atomic E-state index is 12.5. The van der Waals surface area contributed by atoms with Gasteiger partial charge in [-0.15, -0.1) is 0 Å². The largest absolute Gasteiger partial charge is 0.483 e. The minimum absolute atomic E-state index is 0.155. The summed E-state index contributed by atoms with van der Waals surface area (Å²) in [6.07, 6.45) is 1.54. The molecule has 0 unspecified atom stereocenters. The molecule has 4 rings (SSSR count). The molecule has 0 aliphatic rings. The first kappa shape index (κ1) is 21.8. The summed E-state index contributed by atoms with van der Waals surface area (Å²) in [7, 11) is 0. The summed E-state index contributed by atoms with van der Waals surface area (Å²) in [6.45, 7) is 3.59. The number of amides is 2. The van der Waals surface area contributed by atoms with E-state index in [1.807, 2.05) is 80.6 Å². The first-order valence-corrected chi connectivity index (χ1v) is 10.5. The van der Waals surface area contributed by atoms with Crippen molar-refractivity contribution in [2.75, 3.05) is 12.0 Å². The topological polar surface area (TPSA) is 84.7 Å². The van der Waals surface area contributed by atoms with Crippen LogP contribution in [0, 0.1) is 13.8 Å². The average Bonchev–Trinajstić information content (AvgIpc) is 3.10. The van der Waals surface area contributed by atoms with E-state index in [0.29, 0.717) is 11.3 Å². The predicted molar refractivity (Wildman–Crippen MR) is 129 cm³/mol. The molecule has 4 aromatic rings. The SMILES string of the molecule is Cc1cc(/C=N/NC(=O)COc2cccc3ccccc23)c(C)n1NC(=O)c1ccccc1. The van der Waals surface area contributed by atoms with E-state index < -0.39 is 0 Å². The lowest BCUT2D eigenvalue weighted by molar-refractivity contribution is -0.123. The monoisotopic (exact) mass is 440 g/mol. The summed E-state index contributed by atoms with van der Waals surface area (Å²) in [6, 6.07) is 24.4. The molecule has 0 bridgehead atoms. The van der Waals surface area contributed by atoms with Crippen LogP contribution in [0.15, 0.2) is 84.0 Å². The number of benzene rings is 3. The molecule has 2 N–H and O–H groups in total. The van der Waals surface area contributed by atoms with Crippen LogP contribution in [0.25, 0.3) is 10.8 Å². The molecule has 0 saturated carbocycles. The van der Waals surface area contributed by atoms with Crippen molar-refractivity contribution in [2.45, 2.75) is 13.8 Å². The summed E-state index contributed by atoms with van der Waals surface area (Å²) in [4.78, 5) is 24.7. The van der Waals surface area contributed by atoms with E-state index in [1.165, 1.54) is 0 Å². The van der Waals surface area contributed by atoms with Crippen LogP contribution < -0.4 is 15.6 Å². The normalized spacial score (nSPS) is 11.0. The number of rotatable bonds is 7. The highest BCUT2D eigenvalue weighted by molar-refractivity contribution is 6.00. The molecule has 1 heterocycles. The van der Waals surface area contributed by atoms with Crippen molar-refractivity contribution in [1.82, 2.24) is 10.1 Å². The van der Waals surface area contributed by atoms with Crippen molar-refractivity contribution >= 4 is 28.8 Å². The fourth-order valence-corrected chi connectivity index (χ4v) is 3.52. The zero-order valence-electron chi connectivity index (χ0n) is 18.4. The summed E-state index contributed by atoms with van der Waals surface area (Å²) >= 11 is 0. The number of hydrazone groups is 1. The molecule has 0 fully saturated rings. The van der Waals surface area contributed by atoms with Gasteiger partial charge < -0.3 is 4.74 Å². The van der Waals surface area contributed by atoms with Crippen molar-refractivity contribution in [2.24, 2.45) is 5.10 Å². The summed E-state index contributed by atoms with van der Waals surface area (Å²) in [5, 5.41) is 6.03. The fourth-order valence-electron chi connectivity index (χ4n) is 3.52. The summed E-state index contributed by atoms with van der Waals surface area (Å²) in [5.74, 6) is 0.0649. The molecule has 0 aliphatic heterocycles. The number of nitrogens with one attached hydrogen (secondary N) is 2. The number of hydrogen-bond donors (Lipinski definition) is 2. The Balaban J connectivity index is 1.36. The van der Waals surface area contributed by atoms with Crippen molar-refractivity contribution < 1.29 is 14.3 Å². The number of ether oxygens (including phenoxy) is 1. The molecular formula is C26H24N4O3. The zero-order chi connectivity index (χ0) is 23.2. The van der Waals surface area contributed by atoms with Crippen LogP contribution >= 0.6 is 0 Å². The number of aromatic nitrogens is 1. The molecule has 33 heavy (non-hydrogen) atoms. The summed E-state index contributed by atoms with van der Waals surface area (Å²) < 4.78 is 7.38. The van der Waals surface area contributed by atoms with Crippen LogP contribution in [0.2, 0.25) is 0 Å². The highest BCUT2D eigenvalue weighted by atomic mass is 16.5. The molecule has 166 valence electrons. The summed E-state index contributed by atoms with van der Waals surface area (Å²) in [5.41, 5.74) is 8.33. The van der Waals surface area contributed by atoms with Gasteiger partial charge in [0, 0.05) is 27.9 Å². The van der Waals surface area contributed by atoms with Crippen LogP contribution in [0.4, 0.5) is 0 Å². The lowest BCUT2D eigenvalue weighted by Gasteiger charge is -2.11. The van der Waals surface area contributed by atoms with E-state index in [-0.39, 0.29) is 18.4 Å². The van der Waals surface area contributed by atoms with Gasteiger partial charge in [0.1, 0.15) is 5.75 Å². The van der Waals surface area contributed by atoms with Gasteiger partial charge in [-0.25, -0.2) is 5.43 Å². The van der Waals surface area contributed by atoms with E-state index in [9.17, 15) is 9.59 Å². The third kappa shape index (κ3) is 5.10. The van der Waals surface area contributed by atoms with Crippen molar-refractivity contribution in [3.63, 3.8) is 0 Å². The van der Waals surface area contributed by atoms with Gasteiger partial charge >= 0.3 is 0 Å². The maximum Gasteiger partial charge on any atom is 0.277 e. The fraction of sp³-hybridized carbons (Fsp3) is 0.115. The molecule has 0 atom stereocenters. The Hall–Kier alpha value is -4.39. The number of carbonyl (C=O) groups is 2. The lowest BCUT2D eigenvalue weighted by Crippen LogP contribution is -2.25. The van der Waals surface area contributed by atoms with Gasteiger partial charge in [-0.05, 0) is 43.5 Å². The van der Waals surface area contributed by atoms with Gasteiger partial charge in [-0.1, -0.05) is 54.6 Å². The van der Waals surface area contributed by atoms with Gasteiger partial charge in [0.2, 0.25) is 0 Å². The molecule has 0 aliphatic carbocycles. The smallest absolute Gasteiger partial charge is 0.277 e. The van der Waals surface area contributed by atoms with E-state index >= 15 is 0 Å². The number of carbonyl (C=O) groups excluding carboxylic acids is 2. The molecule has 7 nitrogen and oxygen atoms in total. The number of hydrogen-bond acceptors (Lipinski definition) is 4. The van der Waals surface area contributed by atoms with Gasteiger partial charge in [0.25, 0.3) is 11.8 Å². The van der Waals surface area contributed by atoms with Crippen LogP contribution in [0.1, 0.15) is 27.3 Å². The van der Waals surface area contributed by atoms with Crippen molar-refractivity contribution in [3.05, 3.63) is 101 Å². The van der Waals surface area contributed by atoms with Crippen LogP contribution in [-0.4, -0.2) is 29.3 Å². The van der Waals surface area contributed by atoms with Gasteiger partial charge in [-0.2, -0.15) is 5.10 Å². The van der Waals surface area contributed by atoms with E-state index in [4.69, 9.17) is 4.74 Å². The molecule has 2 amide bonds. The Labute approximate surface area is 191 Å². The zero-order valence-corrected chi connectivity index (χ0v) is 18.4. The molecule has 7 heteroatoms. The Morgan fingerprint density at radius 2 is 1.70 bits per heavy atom. The van der Waals surface area contributed by atoms with Crippen LogP contribution in [-0.2, 0) is 4.79 Å². The molecule has 3 aromatic carbocycles. The average molecular weight is 441 g/mol. The van der Waals surface area contributed by atoms with Crippen LogP contribution in [0.5, 0.6) is 5.75 Å². The second-order valence-corrected chi connectivity index (χ2v) is 7.53. The highest BCUT2D eigenvalue weighted by Crippen LogP contribution is 2.24. The highest BCUT2D eigenvalue weighted by Gasteiger charge is 2.12. The van der Waals surface area contributed by atoms with Gasteiger partial charge in [0.05, 0.1) is 6.21 Å². The van der Waals surface area contributed by atoms with E-state index in [2.05, 4.69) is 16.0 Å². The first-order valence-electron chi connectivity index (χ1n) is 10.5. The number of nitrogens with zero attached hydrogens (tertiary/aromatic N) is 2. The minimum atomic E-state index is -0.370. The second kappa shape index (κ2) is 9.82. The predicted octanol–water partition coefficient (Wildman–Crippen LogP) is 4.17. The third-order valence-electron chi connectivity index (χ3n) is 5.22. The van der Waals surface area contributed by atoms with E-state index in [0.717, 1.165) is 27.7 Å².